The molecule has 3 atom stereocenters. The summed E-state index contributed by atoms with van der Waals surface area (Å²) in [5, 5.41) is 27.7. The van der Waals surface area contributed by atoms with Crippen molar-refractivity contribution in [3.05, 3.63) is 207 Å². The second-order valence-corrected chi connectivity index (χ2v) is 18.1. The maximum Gasteiger partial charge on any atom is 0.329 e. The van der Waals surface area contributed by atoms with Gasteiger partial charge >= 0.3 is 11.4 Å². The molecule has 0 fully saturated rings. The number of nitrogens with two attached hydrogens (primary N) is 2. The van der Waals surface area contributed by atoms with Crippen LogP contribution in [0.15, 0.2) is 129 Å². The fourth-order valence-electron chi connectivity index (χ4n) is 7.52. The number of anilines is 3. The number of nitrogens with one attached hydrogen (secondary N) is 2. The van der Waals surface area contributed by atoms with E-state index in [2.05, 4.69) is 85.4 Å². The maximum absolute atomic E-state index is 13.6. The smallest absolute Gasteiger partial charge is 0.329 e. The number of hydrogen-bond donors (Lipinski definition) is 4. The van der Waals surface area contributed by atoms with Crippen molar-refractivity contribution in [3.8, 4) is 34.6 Å². The van der Waals surface area contributed by atoms with E-state index in [1.54, 1.807) is 37.4 Å². The highest BCUT2D eigenvalue weighted by Gasteiger charge is 2.24. The average Bonchev–Trinajstić information content (AvgIpc) is 4.25. The van der Waals surface area contributed by atoms with Crippen LogP contribution < -0.4 is 22.1 Å². The lowest BCUT2D eigenvalue weighted by Crippen LogP contribution is -2.13. The number of fused-ring (bicyclic) bond motifs is 3. The third kappa shape index (κ3) is 13.9. The molecule has 12 aromatic rings. The fourth-order valence-corrected chi connectivity index (χ4v) is 7.72. The lowest BCUT2D eigenvalue weighted by atomic mass is 10.3. The number of imidazole rings is 3. The number of rotatable bonds is 12. The molecule has 0 aromatic carbocycles. The molecule has 0 aliphatic rings. The Kier molecular flexibility index (Phi) is 17.8. The van der Waals surface area contributed by atoms with Crippen molar-refractivity contribution in [3.63, 3.8) is 0 Å². The molecule has 0 bridgehead atoms. The van der Waals surface area contributed by atoms with Gasteiger partial charge in [0, 0.05) is 18.6 Å². The van der Waals surface area contributed by atoms with Crippen molar-refractivity contribution in [2.24, 2.45) is 5.73 Å². The Morgan fingerprint density at radius 2 is 0.802 bits per heavy atom. The number of nitrogen functional groups attached to an aromatic ring is 1. The van der Waals surface area contributed by atoms with Gasteiger partial charge in [0.15, 0.2) is 40.7 Å². The van der Waals surface area contributed by atoms with Crippen LogP contribution in [0, 0.1) is 55.1 Å². The summed E-state index contributed by atoms with van der Waals surface area (Å²) in [5.41, 5.74) is 13.7. The van der Waals surface area contributed by atoms with Crippen LogP contribution in [-0.4, -0.2) is 97.8 Å². The molecule has 0 saturated heterocycles. The highest BCUT2D eigenvalue weighted by molar-refractivity contribution is 6.31. The first kappa shape index (κ1) is 59.2. The van der Waals surface area contributed by atoms with E-state index >= 15 is 0 Å². The topological polar surface area (TPSA) is 369 Å². The third-order valence-electron chi connectivity index (χ3n) is 11.6. The zero-order chi connectivity index (χ0) is 61.3. The standard InChI is InChI=1S/C17H12F2N8O2.C17H14F2N8.C11H5ClFN5O2.C6H8FN3/c1-9(15-21-4-11(19)5-22-15)24-17-13(27(28)29)7-23-16(25-17)12-6-20-14-3-2-10(18)8-26(12)14;1-9(15-22-4-11(19)5-23-15)25-16-12(20)6-24-17(26-16)13-7-21-14-3-2-10(18)8-27(13)14;12-10-7(18(19)20)3-15-11(16-10)8-4-14-9-2-1-6(13)5-17(8)9;1-4(8)6-9-2-5(7)3-10-6/h2-9H,1H3,(H,23,24,25);2-9H,20H2,1H3,(H,24,25,26);1-5H;2-4H,8H2,1H3/t2*9-;;4-/m11.1/s1. The number of pyridine rings is 3. The van der Waals surface area contributed by atoms with Crippen LogP contribution in [0.3, 0.4) is 0 Å². The third-order valence-corrected chi connectivity index (χ3v) is 11.9. The molecule has 0 amide bonds. The minimum atomic E-state index is -0.680. The molecule has 0 spiro atoms. The van der Waals surface area contributed by atoms with Gasteiger partial charge in [-0.1, -0.05) is 11.6 Å². The first-order valence-corrected chi connectivity index (χ1v) is 25.0. The number of aromatic nitrogens is 18. The Morgan fingerprint density at radius 1 is 0.453 bits per heavy atom. The second kappa shape index (κ2) is 25.8. The van der Waals surface area contributed by atoms with Crippen molar-refractivity contribution < 1.29 is 36.2 Å². The van der Waals surface area contributed by atoms with Crippen LogP contribution in [0.25, 0.3) is 51.5 Å². The Morgan fingerprint density at radius 3 is 1.19 bits per heavy atom. The average molecular weight is 1200 g/mol. The molecule has 436 valence electrons. The van der Waals surface area contributed by atoms with Gasteiger partial charge in [0.25, 0.3) is 0 Å². The molecule has 0 saturated carbocycles. The van der Waals surface area contributed by atoms with Gasteiger partial charge in [0.05, 0.1) is 95.6 Å². The van der Waals surface area contributed by atoms with Crippen LogP contribution in [0.5, 0.6) is 0 Å². The van der Waals surface area contributed by atoms with Gasteiger partial charge in [-0.05, 0) is 57.2 Å². The van der Waals surface area contributed by atoms with Crippen molar-refractivity contribution in [1.82, 2.24) is 88.0 Å². The highest BCUT2D eigenvalue weighted by atomic mass is 35.5. The SMILES string of the molecule is C[C@@H](N)c1ncc(F)cn1.C[C@@H](Nc1nc(-c2cnc3ccc(F)cn23)ncc1N)c1ncc(F)cn1.C[C@@H](Nc1nc(-c2cnc3ccc(F)cn23)ncc1[N+](=O)[O-])c1ncc(F)cn1.O=[N+]([O-])c1cnc(-c2cnc3ccc(F)cn23)nc1Cl. The van der Waals surface area contributed by atoms with Crippen LogP contribution in [0.4, 0.5) is 55.0 Å². The number of hydrogen-bond acceptors (Lipinski definition) is 23. The zero-order valence-electron chi connectivity index (χ0n) is 44.2. The first-order chi connectivity index (χ1) is 41.2. The number of nitrogens with zero attached hydrogens (tertiary/aromatic N) is 20. The van der Waals surface area contributed by atoms with E-state index in [1.807, 2.05) is 0 Å². The Bertz CT molecular complexity index is 4410. The van der Waals surface area contributed by atoms with Crippen LogP contribution >= 0.6 is 11.6 Å². The van der Waals surface area contributed by atoms with E-state index in [9.17, 15) is 46.6 Å². The van der Waals surface area contributed by atoms with Crippen LogP contribution in [0.1, 0.15) is 56.4 Å². The van der Waals surface area contributed by atoms with Crippen molar-refractivity contribution >= 4 is 57.2 Å². The monoisotopic (exact) mass is 1200 g/mol. The summed E-state index contributed by atoms with van der Waals surface area (Å²) in [5.74, 6) is -1.04. The molecule has 0 aliphatic carbocycles. The Balaban J connectivity index is 0.000000144. The molecule has 28 nitrogen and oxygen atoms in total. The quantitative estimate of drug-likeness (QED) is 0.0384. The summed E-state index contributed by atoms with van der Waals surface area (Å²) in [6, 6.07) is 7.17. The van der Waals surface area contributed by atoms with Crippen LogP contribution in [-0.2, 0) is 0 Å². The zero-order valence-corrected chi connectivity index (χ0v) is 45.0. The molecule has 86 heavy (non-hydrogen) atoms. The summed E-state index contributed by atoms with van der Waals surface area (Å²) in [6.07, 6.45) is 18.0. The molecule has 0 radical (unpaired) electrons. The molecule has 12 rings (SSSR count). The molecule has 6 N–H and O–H groups in total. The Labute approximate surface area is 482 Å². The summed E-state index contributed by atoms with van der Waals surface area (Å²) in [6.45, 7) is 5.17. The summed E-state index contributed by atoms with van der Waals surface area (Å²) < 4.78 is 83.1. The van der Waals surface area contributed by atoms with Gasteiger partial charge in [0.1, 0.15) is 81.3 Å². The van der Waals surface area contributed by atoms with Crippen molar-refractivity contribution in [2.45, 2.75) is 38.9 Å². The van der Waals surface area contributed by atoms with Crippen molar-refractivity contribution in [1.29, 1.82) is 0 Å². The predicted octanol–water partition coefficient (Wildman–Crippen LogP) is 8.68. The normalized spacial score (nSPS) is 12.0. The van der Waals surface area contributed by atoms with E-state index in [1.165, 1.54) is 76.3 Å². The highest BCUT2D eigenvalue weighted by Crippen LogP contribution is 2.30. The molecule has 0 unspecified atom stereocenters. The molecular weight excluding hydrogens is 1160 g/mol. The largest absolute Gasteiger partial charge is 0.394 e. The van der Waals surface area contributed by atoms with Gasteiger partial charge in [0.2, 0.25) is 11.0 Å². The molecule has 12 heterocycles. The lowest BCUT2D eigenvalue weighted by molar-refractivity contribution is -0.385. The maximum atomic E-state index is 13.6. The molecule has 12 aromatic heterocycles. The minimum absolute atomic E-state index is 0.0909. The van der Waals surface area contributed by atoms with Gasteiger partial charge < -0.3 is 22.1 Å². The van der Waals surface area contributed by atoms with Crippen LogP contribution in [0.2, 0.25) is 5.15 Å². The number of nitro groups is 2. The van der Waals surface area contributed by atoms with E-state index < -0.39 is 56.5 Å². The fraction of sp³-hybridized carbons (Fsp3) is 0.118. The summed E-state index contributed by atoms with van der Waals surface area (Å²) in [4.78, 5) is 80.6. The summed E-state index contributed by atoms with van der Waals surface area (Å²) >= 11 is 5.73. The van der Waals surface area contributed by atoms with E-state index in [4.69, 9.17) is 23.1 Å². The van der Waals surface area contributed by atoms with Gasteiger partial charge in [-0.15, -0.1) is 0 Å². The van der Waals surface area contributed by atoms with Gasteiger partial charge in [-0.2, -0.15) is 0 Å². The Hall–Kier alpha value is -11.4. The molecular formula is C51H39ClF6N24O4. The van der Waals surface area contributed by atoms with E-state index in [-0.39, 0.29) is 46.2 Å². The summed E-state index contributed by atoms with van der Waals surface area (Å²) in [7, 11) is 0. The van der Waals surface area contributed by atoms with E-state index in [0.717, 1.165) is 49.6 Å². The molecule has 0 aliphatic heterocycles. The molecule has 35 heteroatoms. The predicted molar refractivity (Wildman–Crippen MR) is 294 cm³/mol. The van der Waals surface area contributed by atoms with E-state index in [0.29, 0.717) is 63.0 Å². The van der Waals surface area contributed by atoms with Crippen molar-refractivity contribution in [2.75, 3.05) is 16.4 Å². The minimum Gasteiger partial charge on any atom is -0.394 e. The number of halogens is 7. The van der Waals surface area contributed by atoms with Gasteiger partial charge in [-0.3, -0.25) is 33.4 Å². The van der Waals surface area contributed by atoms with Gasteiger partial charge in [-0.25, -0.2) is 101 Å². The second-order valence-electron chi connectivity index (χ2n) is 17.8. The first-order valence-electron chi connectivity index (χ1n) is 24.6. The lowest BCUT2D eigenvalue weighted by Gasteiger charge is -2.15.